The molecule has 0 aliphatic heterocycles. The van der Waals surface area contributed by atoms with Crippen LogP contribution in [0.2, 0.25) is 0 Å². The molecule has 0 aromatic heterocycles. The normalized spacial score (nSPS) is 8.90. The maximum atomic E-state index is 10.2. The highest BCUT2D eigenvalue weighted by atomic mass is 16.1. The predicted octanol–water partition coefficient (Wildman–Crippen LogP) is 1.54. The molecule has 1 aromatic carbocycles. The van der Waals surface area contributed by atoms with Crippen molar-refractivity contribution in [3.05, 3.63) is 29.8 Å². The van der Waals surface area contributed by atoms with Crippen LogP contribution in [0.3, 0.4) is 0 Å². The lowest BCUT2D eigenvalue weighted by Crippen LogP contribution is -1.87. The largest absolute Gasteiger partial charge is 0.388 e. The smallest absolute Gasteiger partial charge is 0.150 e. The minimum atomic E-state index is 0.707. The quantitative estimate of drug-likeness (QED) is 0.623. The van der Waals surface area contributed by atoms with Gasteiger partial charge in [0, 0.05) is 18.3 Å². The number of carbonyl (C=O) groups excluding carboxylic acids is 1. The third-order valence-electron chi connectivity index (χ3n) is 1.34. The molecular formula is C8H9NO. The van der Waals surface area contributed by atoms with Crippen molar-refractivity contribution in [2.75, 3.05) is 12.4 Å². The second kappa shape index (κ2) is 3.01. The number of hydrogen-bond acceptors (Lipinski definition) is 2. The van der Waals surface area contributed by atoms with Crippen LogP contribution in [0.15, 0.2) is 24.3 Å². The Hall–Kier alpha value is -1.31. The highest BCUT2D eigenvalue weighted by Crippen LogP contribution is 2.05. The fraction of sp³-hybridized carbons (Fsp3) is 0.125. The van der Waals surface area contributed by atoms with E-state index in [1.54, 1.807) is 12.1 Å². The first-order valence-corrected chi connectivity index (χ1v) is 3.10. The van der Waals surface area contributed by atoms with E-state index in [1.165, 1.54) is 0 Å². The van der Waals surface area contributed by atoms with Crippen molar-refractivity contribution >= 4 is 12.0 Å². The molecule has 0 heterocycles. The third kappa shape index (κ3) is 1.35. The number of carbonyl (C=O) groups is 1. The summed E-state index contributed by atoms with van der Waals surface area (Å²) >= 11 is 0. The minimum Gasteiger partial charge on any atom is -0.388 e. The maximum absolute atomic E-state index is 10.2. The Morgan fingerprint density at radius 3 is 2.30 bits per heavy atom. The lowest BCUT2D eigenvalue weighted by molar-refractivity contribution is 0.112. The van der Waals surface area contributed by atoms with Crippen LogP contribution in [0.5, 0.6) is 0 Å². The second-order valence-electron chi connectivity index (χ2n) is 1.99. The van der Waals surface area contributed by atoms with Gasteiger partial charge in [0.25, 0.3) is 0 Å². The molecule has 0 unspecified atom stereocenters. The summed E-state index contributed by atoms with van der Waals surface area (Å²) in [5.41, 5.74) is 1.73. The minimum absolute atomic E-state index is 0.707. The molecule has 1 aromatic rings. The molecule has 0 aliphatic carbocycles. The molecular weight excluding hydrogens is 126 g/mol. The molecule has 0 saturated carbocycles. The van der Waals surface area contributed by atoms with E-state index in [0.29, 0.717) is 5.56 Å². The van der Waals surface area contributed by atoms with Crippen LogP contribution in [0, 0.1) is 0 Å². The van der Waals surface area contributed by atoms with Gasteiger partial charge in [0.05, 0.1) is 0 Å². The molecule has 0 fully saturated rings. The Kier molecular flexibility index (Phi) is 2.05. The molecule has 0 saturated heterocycles. The van der Waals surface area contributed by atoms with Crippen molar-refractivity contribution in [3.8, 4) is 0 Å². The van der Waals surface area contributed by atoms with Gasteiger partial charge in [-0.25, -0.2) is 0 Å². The van der Waals surface area contributed by atoms with Crippen molar-refractivity contribution in [2.45, 2.75) is 0 Å². The summed E-state index contributed by atoms with van der Waals surface area (Å²) in [6.07, 6.45) is 0.833. The van der Waals surface area contributed by atoms with Gasteiger partial charge in [-0.15, -0.1) is 0 Å². The number of rotatable bonds is 2. The molecule has 0 radical (unpaired) electrons. The van der Waals surface area contributed by atoms with E-state index in [2.05, 4.69) is 5.32 Å². The highest BCUT2D eigenvalue weighted by Gasteiger charge is 1.87. The first kappa shape index (κ1) is 6.81. The van der Waals surface area contributed by atoms with Gasteiger partial charge in [0.15, 0.2) is 0 Å². The molecule has 0 atom stereocenters. The summed E-state index contributed by atoms with van der Waals surface area (Å²) in [6, 6.07) is 7.28. The average Bonchev–Trinajstić information content (AvgIpc) is 2.05. The van der Waals surface area contributed by atoms with Crippen molar-refractivity contribution < 1.29 is 4.79 Å². The summed E-state index contributed by atoms with van der Waals surface area (Å²) in [4.78, 5) is 10.2. The van der Waals surface area contributed by atoms with Gasteiger partial charge in [0.2, 0.25) is 0 Å². The molecule has 2 heteroatoms. The standard InChI is InChI=1S/C8H9NO/c1-9-8-4-2-7(6-10)3-5-8/h2-6,9H,1H3. The molecule has 1 rings (SSSR count). The first-order valence-electron chi connectivity index (χ1n) is 3.10. The lowest BCUT2D eigenvalue weighted by atomic mass is 10.2. The average molecular weight is 135 g/mol. The van der Waals surface area contributed by atoms with Crippen LogP contribution >= 0.6 is 0 Å². The zero-order valence-corrected chi connectivity index (χ0v) is 5.79. The van der Waals surface area contributed by atoms with Gasteiger partial charge in [-0.05, 0) is 24.3 Å². The van der Waals surface area contributed by atoms with E-state index < -0.39 is 0 Å². The molecule has 2 nitrogen and oxygen atoms in total. The van der Waals surface area contributed by atoms with Crippen LogP contribution in [-0.2, 0) is 0 Å². The summed E-state index contributed by atoms with van der Waals surface area (Å²) in [5.74, 6) is 0. The van der Waals surface area contributed by atoms with E-state index in [9.17, 15) is 4.79 Å². The van der Waals surface area contributed by atoms with Gasteiger partial charge in [-0.2, -0.15) is 0 Å². The summed E-state index contributed by atoms with van der Waals surface area (Å²) in [6.45, 7) is 0. The van der Waals surface area contributed by atoms with Crippen molar-refractivity contribution in [3.63, 3.8) is 0 Å². The Morgan fingerprint density at radius 1 is 1.30 bits per heavy atom. The van der Waals surface area contributed by atoms with Gasteiger partial charge in [0.1, 0.15) is 6.29 Å². The molecule has 10 heavy (non-hydrogen) atoms. The topological polar surface area (TPSA) is 29.1 Å². The first-order chi connectivity index (χ1) is 4.86. The lowest BCUT2D eigenvalue weighted by Gasteiger charge is -1.97. The zero-order valence-electron chi connectivity index (χ0n) is 5.79. The zero-order chi connectivity index (χ0) is 7.40. The number of aldehydes is 1. The summed E-state index contributed by atoms with van der Waals surface area (Å²) < 4.78 is 0. The van der Waals surface area contributed by atoms with Crippen molar-refractivity contribution in [1.82, 2.24) is 0 Å². The Bertz CT molecular complexity index is 215. The van der Waals surface area contributed by atoms with E-state index in [0.717, 1.165) is 12.0 Å². The number of anilines is 1. The van der Waals surface area contributed by atoms with Crippen LogP contribution < -0.4 is 5.32 Å². The summed E-state index contributed by atoms with van der Waals surface area (Å²) in [5, 5.41) is 2.96. The van der Waals surface area contributed by atoms with Crippen LogP contribution in [-0.4, -0.2) is 13.3 Å². The van der Waals surface area contributed by atoms with E-state index in [4.69, 9.17) is 0 Å². The fourth-order valence-electron chi connectivity index (χ4n) is 0.728. The van der Waals surface area contributed by atoms with E-state index in [-0.39, 0.29) is 0 Å². The molecule has 1 N–H and O–H groups in total. The van der Waals surface area contributed by atoms with Gasteiger partial charge in [-0.1, -0.05) is 0 Å². The maximum Gasteiger partial charge on any atom is 0.150 e. The Morgan fingerprint density at radius 2 is 1.90 bits per heavy atom. The summed E-state index contributed by atoms with van der Waals surface area (Å²) in [7, 11) is 1.84. The predicted molar refractivity (Wildman–Crippen MR) is 41.4 cm³/mol. The van der Waals surface area contributed by atoms with E-state index >= 15 is 0 Å². The van der Waals surface area contributed by atoms with E-state index in [1.807, 2.05) is 19.2 Å². The van der Waals surface area contributed by atoms with Gasteiger partial charge < -0.3 is 5.32 Å². The molecule has 0 spiro atoms. The number of benzene rings is 1. The SMILES string of the molecule is CNc1ccc(C=O)cc1. The van der Waals surface area contributed by atoms with Crippen molar-refractivity contribution in [2.24, 2.45) is 0 Å². The number of hydrogen-bond donors (Lipinski definition) is 1. The molecule has 52 valence electrons. The molecule has 0 amide bonds. The second-order valence-corrected chi connectivity index (χ2v) is 1.99. The molecule has 0 bridgehead atoms. The number of nitrogens with one attached hydrogen (secondary N) is 1. The Balaban J connectivity index is 2.90. The van der Waals surface area contributed by atoms with Crippen LogP contribution in [0.25, 0.3) is 0 Å². The van der Waals surface area contributed by atoms with Gasteiger partial charge >= 0.3 is 0 Å². The third-order valence-corrected chi connectivity index (χ3v) is 1.34. The fourth-order valence-corrected chi connectivity index (χ4v) is 0.728. The highest BCUT2D eigenvalue weighted by molar-refractivity contribution is 5.75. The van der Waals surface area contributed by atoms with Crippen LogP contribution in [0.1, 0.15) is 10.4 Å². The van der Waals surface area contributed by atoms with Crippen LogP contribution in [0.4, 0.5) is 5.69 Å². The Labute approximate surface area is 59.9 Å². The monoisotopic (exact) mass is 135 g/mol. The van der Waals surface area contributed by atoms with Crippen molar-refractivity contribution in [1.29, 1.82) is 0 Å². The van der Waals surface area contributed by atoms with Gasteiger partial charge in [-0.3, -0.25) is 4.79 Å². The molecule has 0 aliphatic rings.